The van der Waals surface area contributed by atoms with Gasteiger partial charge in [-0.15, -0.1) is 0 Å². The number of carbonyl (C=O) groups is 2. The Hall–Kier alpha value is -3.10. The quantitative estimate of drug-likeness (QED) is 0.384. The summed E-state index contributed by atoms with van der Waals surface area (Å²) < 4.78 is 12.3. The second-order valence-corrected chi connectivity index (χ2v) is 9.53. The highest BCUT2D eigenvalue weighted by atomic mass is 79.9. The van der Waals surface area contributed by atoms with Gasteiger partial charge in [0.2, 0.25) is 5.91 Å². The van der Waals surface area contributed by atoms with Crippen LogP contribution in [0.3, 0.4) is 0 Å². The number of para-hydroxylation sites is 1. The van der Waals surface area contributed by atoms with Crippen LogP contribution in [0.15, 0.2) is 75.6 Å². The maximum Gasteiger partial charge on any atom is 0.322 e. The van der Waals surface area contributed by atoms with Gasteiger partial charge in [-0.3, -0.25) is 4.79 Å². The Morgan fingerprint density at radius 1 is 1.00 bits per heavy atom. The van der Waals surface area contributed by atoms with Gasteiger partial charge in [-0.2, -0.15) is 0 Å². The summed E-state index contributed by atoms with van der Waals surface area (Å²) in [5.74, 6) is 1.33. The van der Waals surface area contributed by atoms with Crippen molar-refractivity contribution in [1.82, 2.24) is 9.80 Å². The summed E-state index contributed by atoms with van der Waals surface area (Å²) in [4.78, 5) is 30.1. The minimum atomic E-state index is -0.339. The fraction of sp³-hybridized carbons (Fsp3) is 0.333. The topological polar surface area (TPSA) is 75.0 Å². The van der Waals surface area contributed by atoms with E-state index in [4.69, 9.17) is 9.15 Å². The molecule has 8 heteroatoms. The Balaban J connectivity index is 1.52. The zero-order chi connectivity index (χ0) is 24.6. The predicted octanol–water partition coefficient (Wildman–Crippen LogP) is 5.59. The van der Waals surface area contributed by atoms with E-state index in [1.165, 1.54) is 0 Å². The van der Waals surface area contributed by atoms with Gasteiger partial charge >= 0.3 is 6.03 Å². The molecule has 1 aliphatic rings. The molecule has 2 heterocycles. The van der Waals surface area contributed by atoms with Gasteiger partial charge in [-0.05, 0) is 65.5 Å². The summed E-state index contributed by atoms with van der Waals surface area (Å²) >= 11 is 3.47. The van der Waals surface area contributed by atoms with Crippen LogP contribution in [0, 0.1) is 6.92 Å². The van der Waals surface area contributed by atoms with Gasteiger partial charge in [0.15, 0.2) is 0 Å². The van der Waals surface area contributed by atoms with Gasteiger partial charge in [0.25, 0.3) is 0 Å². The number of rotatable bonds is 9. The van der Waals surface area contributed by atoms with Crippen LogP contribution in [0.2, 0.25) is 0 Å². The Morgan fingerprint density at radius 3 is 2.46 bits per heavy atom. The lowest BCUT2D eigenvalue weighted by molar-refractivity contribution is -0.133. The van der Waals surface area contributed by atoms with E-state index in [-0.39, 0.29) is 24.6 Å². The number of ether oxygens (including phenoxy) is 1. The lowest BCUT2D eigenvalue weighted by Gasteiger charge is -2.29. The summed E-state index contributed by atoms with van der Waals surface area (Å²) in [5.41, 5.74) is 1.65. The first-order chi connectivity index (χ1) is 17.0. The monoisotopic (exact) mass is 539 g/mol. The molecule has 1 saturated heterocycles. The zero-order valence-corrected chi connectivity index (χ0v) is 21.4. The van der Waals surface area contributed by atoms with Gasteiger partial charge in [0.05, 0.1) is 18.3 Å². The number of halogens is 1. The van der Waals surface area contributed by atoms with E-state index in [2.05, 4.69) is 21.2 Å². The normalized spacial score (nSPS) is 15.1. The number of hydrogen-bond donors (Lipinski definition) is 1. The summed E-state index contributed by atoms with van der Waals surface area (Å²) in [6.45, 7) is 3.57. The number of benzene rings is 2. The molecule has 4 rings (SSSR count). The van der Waals surface area contributed by atoms with Gasteiger partial charge in [0.1, 0.15) is 18.1 Å². The third-order valence-corrected chi connectivity index (χ3v) is 6.58. The summed E-state index contributed by atoms with van der Waals surface area (Å²) in [6, 6.07) is 20.6. The number of carbonyl (C=O) groups excluding carboxylic acids is 2. The molecule has 1 atom stereocenters. The Bertz CT molecular complexity index is 1130. The number of anilines is 1. The second-order valence-electron chi connectivity index (χ2n) is 8.67. The minimum Gasteiger partial charge on any atom is -0.464 e. The van der Waals surface area contributed by atoms with Gasteiger partial charge in [-0.1, -0.05) is 42.5 Å². The van der Waals surface area contributed by atoms with Crippen molar-refractivity contribution in [3.63, 3.8) is 0 Å². The number of aryl methyl sites for hydroxylation is 1. The number of furan rings is 1. The number of nitrogens with one attached hydrogen (secondary N) is 1. The maximum atomic E-state index is 13.6. The Kier molecular flexibility index (Phi) is 8.60. The predicted molar refractivity (Wildman–Crippen MR) is 138 cm³/mol. The van der Waals surface area contributed by atoms with Crippen LogP contribution in [0.1, 0.15) is 29.9 Å². The van der Waals surface area contributed by atoms with Crippen molar-refractivity contribution in [2.75, 3.05) is 25.0 Å². The van der Waals surface area contributed by atoms with Crippen LogP contribution in [0.5, 0.6) is 0 Å². The summed E-state index contributed by atoms with van der Waals surface area (Å²) in [6.07, 6.45) is 1.74. The smallest absolute Gasteiger partial charge is 0.322 e. The molecular weight excluding hydrogens is 510 g/mol. The lowest BCUT2D eigenvalue weighted by atomic mass is 10.2. The highest BCUT2D eigenvalue weighted by Crippen LogP contribution is 2.22. The van der Waals surface area contributed by atoms with Crippen LogP contribution in [0.25, 0.3) is 0 Å². The molecule has 3 aromatic rings. The second kappa shape index (κ2) is 12.0. The van der Waals surface area contributed by atoms with Crippen LogP contribution in [-0.4, -0.2) is 47.5 Å². The molecule has 1 aromatic heterocycles. The average molecular weight is 540 g/mol. The van der Waals surface area contributed by atoms with Crippen molar-refractivity contribution in [3.05, 3.63) is 88.3 Å². The van der Waals surface area contributed by atoms with E-state index in [0.717, 1.165) is 28.6 Å². The highest BCUT2D eigenvalue weighted by Gasteiger charge is 2.27. The van der Waals surface area contributed by atoms with Crippen molar-refractivity contribution in [3.8, 4) is 0 Å². The van der Waals surface area contributed by atoms with Crippen LogP contribution in [-0.2, 0) is 22.6 Å². The molecule has 3 amide bonds. The number of amides is 3. The molecular formula is C27H30BrN3O4. The van der Waals surface area contributed by atoms with Crippen LogP contribution >= 0.6 is 15.9 Å². The third kappa shape index (κ3) is 7.19. The van der Waals surface area contributed by atoms with Crippen molar-refractivity contribution in [2.45, 2.75) is 39.0 Å². The largest absolute Gasteiger partial charge is 0.464 e. The molecule has 0 saturated carbocycles. The van der Waals surface area contributed by atoms with E-state index in [1.807, 2.05) is 73.7 Å². The fourth-order valence-electron chi connectivity index (χ4n) is 4.07. The van der Waals surface area contributed by atoms with Gasteiger partial charge in [0, 0.05) is 24.2 Å². The fourth-order valence-corrected chi connectivity index (χ4v) is 4.45. The Morgan fingerprint density at radius 2 is 1.77 bits per heavy atom. The molecule has 7 nitrogen and oxygen atoms in total. The Labute approximate surface area is 214 Å². The molecule has 35 heavy (non-hydrogen) atoms. The average Bonchev–Trinajstić information content (AvgIpc) is 3.52. The molecule has 0 radical (unpaired) electrons. The first-order valence-electron chi connectivity index (χ1n) is 11.8. The van der Waals surface area contributed by atoms with Crippen LogP contribution in [0.4, 0.5) is 10.5 Å². The molecule has 2 aromatic carbocycles. The number of hydrogen-bond acceptors (Lipinski definition) is 4. The van der Waals surface area contributed by atoms with E-state index in [9.17, 15) is 9.59 Å². The van der Waals surface area contributed by atoms with Gasteiger partial charge in [-0.25, -0.2) is 4.79 Å². The highest BCUT2D eigenvalue weighted by molar-refractivity contribution is 9.10. The third-order valence-electron chi connectivity index (χ3n) is 5.89. The van der Waals surface area contributed by atoms with Crippen LogP contribution < -0.4 is 5.32 Å². The summed E-state index contributed by atoms with van der Waals surface area (Å²) in [7, 11) is 0. The first kappa shape index (κ1) is 25.0. The molecule has 0 spiro atoms. The lowest BCUT2D eigenvalue weighted by Crippen LogP contribution is -2.46. The van der Waals surface area contributed by atoms with E-state index in [1.54, 1.807) is 9.80 Å². The SMILES string of the molecule is Cc1ccc(CN(Cc2ccccc2)C(=O)CN(CC2CCCO2)C(=O)Nc2ccccc2Br)o1. The molecule has 1 fully saturated rings. The first-order valence-corrected chi connectivity index (χ1v) is 12.6. The maximum absolute atomic E-state index is 13.6. The minimum absolute atomic E-state index is 0.0668. The molecule has 0 bridgehead atoms. The molecule has 0 aliphatic carbocycles. The molecule has 1 unspecified atom stereocenters. The van der Waals surface area contributed by atoms with Gasteiger partial charge < -0.3 is 24.3 Å². The van der Waals surface area contributed by atoms with Crippen molar-refractivity contribution >= 4 is 33.6 Å². The summed E-state index contributed by atoms with van der Waals surface area (Å²) in [5, 5.41) is 2.93. The van der Waals surface area contributed by atoms with Crippen molar-refractivity contribution in [2.24, 2.45) is 0 Å². The standard InChI is InChI=1S/C27H30BrN3O4/c1-20-13-14-23(35-20)18-30(16-21-8-3-2-4-9-21)26(32)19-31(17-22-10-7-15-34-22)27(33)29-25-12-6-5-11-24(25)28/h2-6,8-9,11-14,22H,7,10,15-19H2,1H3,(H,29,33). The molecule has 184 valence electrons. The molecule has 1 aliphatic heterocycles. The van der Waals surface area contributed by atoms with E-state index >= 15 is 0 Å². The van der Waals surface area contributed by atoms with E-state index < -0.39 is 0 Å². The number of urea groups is 1. The van der Waals surface area contributed by atoms with Crippen molar-refractivity contribution < 1.29 is 18.7 Å². The molecule has 1 N–H and O–H groups in total. The number of nitrogens with zero attached hydrogens (tertiary/aromatic N) is 2. The van der Waals surface area contributed by atoms with E-state index in [0.29, 0.717) is 37.7 Å². The van der Waals surface area contributed by atoms with Crippen molar-refractivity contribution in [1.29, 1.82) is 0 Å². The zero-order valence-electron chi connectivity index (χ0n) is 19.8.